The van der Waals surface area contributed by atoms with Gasteiger partial charge in [-0.15, -0.1) is 0 Å². The number of methoxy groups -OCH3 is 2. The summed E-state index contributed by atoms with van der Waals surface area (Å²) in [6.45, 7) is 7.80. The van der Waals surface area contributed by atoms with Gasteiger partial charge in [0.25, 0.3) is 0 Å². The van der Waals surface area contributed by atoms with E-state index in [0.29, 0.717) is 12.2 Å². The van der Waals surface area contributed by atoms with Crippen molar-refractivity contribution in [2.24, 2.45) is 0 Å². The average molecular weight is 265 g/mol. The van der Waals surface area contributed by atoms with Gasteiger partial charge in [-0.1, -0.05) is 6.07 Å². The van der Waals surface area contributed by atoms with Gasteiger partial charge in [0.1, 0.15) is 11.5 Å². The molecule has 4 heteroatoms. The van der Waals surface area contributed by atoms with Crippen LogP contribution in [0.25, 0.3) is 0 Å². The minimum absolute atomic E-state index is 0.0182. The van der Waals surface area contributed by atoms with Crippen LogP contribution in [-0.2, 0) is 11.2 Å². The third kappa shape index (κ3) is 4.16. The highest BCUT2D eigenvalue weighted by molar-refractivity contribution is 5.80. The Labute approximate surface area is 115 Å². The molecule has 0 atom stereocenters. The molecule has 0 saturated heterocycles. The quantitative estimate of drug-likeness (QED) is 0.909. The van der Waals surface area contributed by atoms with Gasteiger partial charge in [-0.2, -0.15) is 0 Å². The van der Waals surface area contributed by atoms with Crippen LogP contribution in [0.3, 0.4) is 0 Å². The van der Waals surface area contributed by atoms with Gasteiger partial charge in [0.05, 0.1) is 20.6 Å². The fourth-order valence-electron chi connectivity index (χ4n) is 2.01. The number of amides is 1. The van der Waals surface area contributed by atoms with E-state index in [9.17, 15) is 4.79 Å². The van der Waals surface area contributed by atoms with Crippen LogP contribution in [0.15, 0.2) is 12.1 Å². The van der Waals surface area contributed by atoms with Crippen molar-refractivity contribution < 1.29 is 14.3 Å². The highest BCUT2D eigenvalue weighted by Crippen LogP contribution is 2.31. The number of rotatable bonds is 4. The molecule has 1 aromatic carbocycles. The molecule has 1 N–H and O–H groups in total. The summed E-state index contributed by atoms with van der Waals surface area (Å²) >= 11 is 0. The van der Waals surface area contributed by atoms with Crippen LogP contribution in [0.4, 0.5) is 0 Å². The van der Waals surface area contributed by atoms with Crippen molar-refractivity contribution >= 4 is 5.91 Å². The first-order valence-corrected chi connectivity index (χ1v) is 6.30. The first kappa shape index (κ1) is 15.3. The van der Waals surface area contributed by atoms with Crippen molar-refractivity contribution in [3.8, 4) is 11.5 Å². The van der Waals surface area contributed by atoms with Crippen LogP contribution in [0.1, 0.15) is 31.9 Å². The molecule has 106 valence electrons. The van der Waals surface area contributed by atoms with E-state index in [4.69, 9.17) is 9.47 Å². The van der Waals surface area contributed by atoms with Gasteiger partial charge in [0, 0.05) is 16.7 Å². The Morgan fingerprint density at radius 3 is 2.32 bits per heavy atom. The summed E-state index contributed by atoms with van der Waals surface area (Å²) in [7, 11) is 3.22. The summed E-state index contributed by atoms with van der Waals surface area (Å²) in [4.78, 5) is 12.0. The lowest BCUT2D eigenvalue weighted by molar-refractivity contribution is -0.121. The highest BCUT2D eigenvalue weighted by atomic mass is 16.5. The van der Waals surface area contributed by atoms with Crippen LogP contribution in [0, 0.1) is 6.92 Å². The van der Waals surface area contributed by atoms with Gasteiger partial charge in [-0.25, -0.2) is 0 Å². The van der Waals surface area contributed by atoms with E-state index < -0.39 is 0 Å². The third-order valence-electron chi connectivity index (χ3n) is 2.73. The lowest BCUT2D eigenvalue weighted by Crippen LogP contribution is -2.41. The van der Waals surface area contributed by atoms with Gasteiger partial charge in [-0.3, -0.25) is 4.79 Å². The summed E-state index contributed by atoms with van der Waals surface area (Å²) < 4.78 is 10.6. The normalized spacial score (nSPS) is 11.1. The van der Waals surface area contributed by atoms with Crippen molar-refractivity contribution in [1.82, 2.24) is 5.32 Å². The second-order valence-electron chi connectivity index (χ2n) is 5.56. The van der Waals surface area contributed by atoms with Crippen molar-refractivity contribution in [2.75, 3.05) is 14.2 Å². The zero-order chi connectivity index (χ0) is 14.6. The van der Waals surface area contributed by atoms with E-state index in [1.54, 1.807) is 14.2 Å². The molecule has 4 nitrogen and oxygen atoms in total. The Morgan fingerprint density at radius 2 is 1.84 bits per heavy atom. The molecule has 1 rings (SSSR count). The summed E-state index contributed by atoms with van der Waals surface area (Å²) in [5.41, 5.74) is 1.54. The molecule has 0 aliphatic heterocycles. The van der Waals surface area contributed by atoms with Crippen molar-refractivity contribution in [1.29, 1.82) is 0 Å². The molecule has 1 amide bonds. The molecule has 0 unspecified atom stereocenters. The Balaban J connectivity index is 2.96. The molecule has 0 spiro atoms. The maximum atomic E-state index is 12.0. The number of hydrogen-bond donors (Lipinski definition) is 1. The van der Waals surface area contributed by atoms with Crippen molar-refractivity contribution in [2.45, 2.75) is 39.7 Å². The number of benzene rings is 1. The molecule has 19 heavy (non-hydrogen) atoms. The molecule has 0 aliphatic carbocycles. The molecular weight excluding hydrogens is 242 g/mol. The SMILES string of the molecule is COc1ccc(CC(=O)NC(C)(C)C)c(OC)c1C. The predicted molar refractivity (Wildman–Crippen MR) is 75.9 cm³/mol. The van der Waals surface area contributed by atoms with Crippen LogP contribution >= 0.6 is 0 Å². The zero-order valence-corrected chi connectivity index (χ0v) is 12.6. The fraction of sp³-hybridized carbons (Fsp3) is 0.533. The maximum absolute atomic E-state index is 12.0. The standard InChI is InChI=1S/C15H23NO3/c1-10-12(18-5)8-7-11(14(10)19-6)9-13(17)16-15(2,3)4/h7-8H,9H2,1-6H3,(H,16,17). The van der Waals surface area contributed by atoms with Gasteiger partial charge < -0.3 is 14.8 Å². The second-order valence-corrected chi connectivity index (χ2v) is 5.56. The summed E-state index contributed by atoms with van der Waals surface area (Å²) in [6, 6.07) is 3.73. The summed E-state index contributed by atoms with van der Waals surface area (Å²) in [6.07, 6.45) is 0.297. The van der Waals surface area contributed by atoms with Gasteiger partial charge >= 0.3 is 0 Å². The molecule has 0 bridgehead atoms. The van der Waals surface area contributed by atoms with Crippen LogP contribution in [-0.4, -0.2) is 25.7 Å². The predicted octanol–water partition coefficient (Wildman–Crippen LogP) is 2.47. The van der Waals surface area contributed by atoms with Crippen molar-refractivity contribution in [3.05, 3.63) is 23.3 Å². The van der Waals surface area contributed by atoms with Crippen LogP contribution in [0.2, 0.25) is 0 Å². The van der Waals surface area contributed by atoms with E-state index >= 15 is 0 Å². The Morgan fingerprint density at radius 1 is 1.21 bits per heavy atom. The largest absolute Gasteiger partial charge is 0.496 e. The van der Waals surface area contributed by atoms with Crippen molar-refractivity contribution in [3.63, 3.8) is 0 Å². The topological polar surface area (TPSA) is 47.6 Å². The Hall–Kier alpha value is -1.71. The first-order chi connectivity index (χ1) is 8.78. The monoisotopic (exact) mass is 265 g/mol. The number of carbonyl (C=O) groups is 1. The molecule has 0 saturated carbocycles. The highest BCUT2D eigenvalue weighted by Gasteiger charge is 2.17. The molecule has 0 aliphatic rings. The van der Waals surface area contributed by atoms with E-state index in [2.05, 4.69) is 5.32 Å². The fourth-order valence-corrected chi connectivity index (χ4v) is 2.01. The molecule has 1 aromatic rings. The second kappa shape index (κ2) is 5.95. The van der Waals surface area contributed by atoms with E-state index in [-0.39, 0.29) is 11.4 Å². The summed E-state index contributed by atoms with van der Waals surface area (Å²) in [5.74, 6) is 1.45. The smallest absolute Gasteiger partial charge is 0.224 e. The molecule has 0 heterocycles. The zero-order valence-electron chi connectivity index (χ0n) is 12.6. The van der Waals surface area contributed by atoms with Gasteiger partial charge in [0.2, 0.25) is 5.91 Å². The minimum Gasteiger partial charge on any atom is -0.496 e. The van der Waals surface area contributed by atoms with E-state index in [1.807, 2.05) is 39.8 Å². The van der Waals surface area contributed by atoms with Crippen LogP contribution < -0.4 is 14.8 Å². The number of carbonyl (C=O) groups excluding carboxylic acids is 1. The van der Waals surface area contributed by atoms with E-state index in [0.717, 1.165) is 16.9 Å². The maximum Gasteiger partial charge on any atom is 0.224 e. The van der Waals surface area contributed by atoms with E-state index in [1.165, 1.54) is 0 Å². The summed E-state index contributed by atoms with van der Waals surface area (Å²) in [5, 5.41) is 2.94. The molecule has 0 fully saturated rings. The van der Waals surface area contributed by atoms with Crippen LogP contribution in [0.5, 0.6) is 11.5 Å². The lowest BCUT2D eigenvalue weighted by atomic mass is 10.0. The molecular formula is C15H23NO3. The molecule has 0 radical (unpaired) electrons. The van der Waals surface area contributed by atoms with Gasteiger partial charge in [-0.05, 0) is 33.8 Å². The first-order valence-electron chi connectivity index (χ1n) is 6.30. The lowest BCUT2D eigenvalue weighted by Gasteiger charge is -2.21. The third-order valence-corrected chi connectivity index (χ3v) is 2.73. The van der Waals surface area contributed by atoms with Gasteiger partial charge in [0.15, 0.2) is 0 Å². The molecule has 0 aromatic heterocycles. The average Bonchev–Trinajstić information content (AvgIpc) is 2.27. The number of hydrogen-bond acceptors (Lipinski definition) is 3. The minimum atomic E-state index is -0.230. The Kier molecular flexibility index (Phi) is 4.81. The number of nitrogens with one attached hydrogen (secondary N) is 1. The number of ether oxygens (including phenoxy) is 2. The Bertz CT molecular complexity index is 461.